The lowest BCUT2D eigenvalue weighted by Gasteiger charge is -2.02. The van der Waals surface area contributed by atoms with Crippen molar-refractivity contribution in [2.24, 2.45) is 0 Å². The SMILES string of the molecule is CCCOCCOCNC. The van der Waals surface area contributed by atoms with Crippen molar-refractivity contribution in [2.45, 2.75) is 13.3 Å². The summed E-state index contributed by atoms with van der Waals surface area (Å²) in [6, 6.07) is 0. The molecule has 3 heteroatoms. The van der Waals surface area contributed by atoms with E-state index < -0.39 is 0 Å². The third-order valence-electron chi connectivity index (χ3n) is 0.967. The summed E-state index contributed by atoms with van der Waals surface area (Å²) in [5.74, 6) is 0. The second-order valence-corrected chi connectivity index (χ2v) is 2.02. The van der Waals surface area contributed by atoms with E-state index in [9.17, 15) is 0 Å². The molecule has 0 spiro atoms. The smallest absolute Gasteiger partial charge is 0.0963 e. The zero-order chi connectivity index (χ0) is 7.66. The Morgan fingerprint density at radius 2 is 1.80 bits per heavy atom. The van der Waals surface area contributed by atoms with E-state index in [4.69, 9.17) is 9.47 Å². The fourth-order valence-corrected chi connectivity index (χ4v) is 0.538. The first kappa shape index (κ1) is 9.88. The molecule has 0 aromatic rings. The van der Waals surface area contributed by atoms with Crippen molar-refractivity contribution in [3.05, 3.63) is 0 Å². The molecule has 10 heavy (non-hydrogen) atoms. The molecule has 0 aromatic heterocycles. The van der Waals surface area contributed by atoms with Gasteiger partial charge in [0.15, 0.2) is 0 Å². The summed E-state index contributed by atoms with van der Waals surface area (Å²) in [6.45, 7) is 4.92. The van der Waals surface area contributed by atoms with Crippen LogP contribution in [0.4, 0.5) is 0 Å². The lowest BCUT2D eigenvalue weighted by molar-refractivity contribution is 0.0428. The van der Waals surface area contributed by atoms with Crippen LogP contribution in [0.1, 0.15) is 13.3 Å². The van der Waals surface area contributed by atoms with Crippen molar-refractivity contribution in [3.63, 3.8) is 0 Å². The Morgan fingerprint density at radius 3 is 2.40 bits per heavy atom. The Morgan fingerprint density at radius 1 is 1.10 bits per heavy atom. The largest absolute Gasteiger partial charge is 0.379 e. The van der Waals surface area contributed by atoms with Crippen molar-refractivity contribution in [2.75, 3.05) is 33.6 Å². The summed E-state index contributed by atoms with van der Waals surface area (Å²) in [4.78, 5) is 0. The van der Waals surface area contributed by atoms with Gasteiger partial charge in [0.2, 0.25) is 0 Å². The van der Waals surface area contributed by atoms with Gasteiger partial charge in [0, 0.05) is 6.61 Å². The maximum Gasteiger partial charge on any atom is 0.0963 e. The van der Waals surface area contributed by atoms with E-state index in [0.29, 0.717) is 19.9 Å². The predicted octanol–water partition coefficient (Wildman–Crippen LogP) is 0.607. The van der Waals surface area contributed by atoms with Gasteiger partial charge in [-0.15, -0.1) is 0 Å². The van der Waals surface area contributed by atoms with Crippen LogP contribution in [0.2, 0.25) is 0 Å². The van der Waals surface area contributed by atoms with Gasteiger partial charge in [-0.2, -0.15) is 0 Å². The molecule has 0 aromatic carbocycles. The quantitative estimate of drug-likeness (QED) is 0.422. The first-order valence-electron chi connectivity index (χ1n) is 3.72. The molecule has 0 atom stereocenters. The lowest BCUT2D eigenvalue weighted by Crippen LogP contribution is -2.14. The molecule has 0 heterocycles. The molecule has 1 N–H and O–H groups in total. The fourth-order valence-electron chi connectivity index (χ4n) is 0.538. The number of rotatable bonds is 7. The molecule has 0 amide bonds. The minimum atomic E-state index is 0.607. The third-order valence-corrected chi connectivity index (χ3v) is 0.967. The van der Waals surface area contributed by atoms with Gasteiger partial charge in [0.05, 0.1) is 19.9 Å². The first-order valence-corrected chi connectivity index (χ1v) is 3.72. The average molecular weight is 147 g/mol. The Kier molecular flexibility index (Phi) is 8.77. The first-order chi connectivity index (χ1) is 4.91. The van der Waals surface area contributed by atoms with Crippen molar-refractivity contribution in [1.29, 1.82) is 0 Å². The molecule has 0 fully saturated rings. The molecular weight excluding hydrogens is 130 g/mol. The van der Waals surface area contributed by atoms with Crippen LogP contribution in [0.5, 0.6) is 0 Å². The Labute approximate surface area is 62.7 Å². The highest BCUT2D eigenvalue weighted by Gasteiger charge is 1.85. The highest BCUT2D eigenvalue weighted by Crippen LogP contribution is 1.80. The van der Waals surface area contributed by atoms with Crippen molar-refractivity contribution < 1.29 is 9.47 Å². The zero-order valence-corrected chi connectivity index (χ0v) is 6.85. The standard InChI is InChI=1S/C7H17NO2/c1-3-4-9-5-6-10-7-8-2/h8H,3-7H2,1-2H3. The van der Waals surface area contributed by atoms with Gasteiger partial charge in [-0.25, -0.2) is 0 Å². The van der Waals surface area contributed by atoms with E-state index >= 15 is 0 Å². The highest BCUT2D eigenvalue weighted by atomic mass is 16.5. The van der Waals surface area contributed by atoms with Gasteiger partial charge < -0.3 is 9.47 Å². The molecule has 0 saturated carbocycles. The van der Waals surface area contributed by atoms with Crippen molar-refractivity contribution >= 4 is 0 Å². The summed E-state index contributed by atoms with van der Waals surface area (Å²) < 4.78 is 10.3. The van der Waals surface area contributed by atoms with Crippen LogP contribution >= 0.6 is 0 Å². The number of hydrogen-bond acceptors (Lipinski definition) is 3. The van der Waals surface area contributed by atoms with Gasteiger partial charge in [-0.1, -0.05) is 6.92 Å². The summed E-state index contributed by atoms with van der Waals surface area (Å²) in [7, 11) is 1.85. The van der Waals surface area contributed by atoms with E-state index in [2.05, 4.69) is 12.2 Å². The van der Waals surface area contributed by atoms with Crippen molar-refractivity contribution in [3.8, 4) is 0 Å². The number of ether oxygens (including phenoxy) is 2. The number of nitrogens with one attached hydrogen (secondary N) is 1. The minimum absolute atomic E-state index is 0.607. The molecule has 0 radical (unpaired) electrons. The molecule has 0 rings (SSSR count). The highest BCUT2D eigenvalue weighted by molar-refractivity contribution is 4.29. The van der Waals surface area contributed by atoms with Crippen LogP contribution < -0.4 is 5.32 Å². The Bertz CT molecular complexity index is 51.6. The van der Waals surface area contributed by atoms with E-state index in [1.807, 2.05) is 7.05 Å². The van der Waals surface area contributed by atoms with Gasteiger partial charge in [0.25, 0.3) is 0 Å². The Balaban J connectivity index is 2.65. The van der Waals surface area contributed by atoms with Crippen LogP contribution in [0, 0.1) is 0 Å². The Hall–Kier alpha value is -0.120. The molecule has 0 aliphatic carbocycles. The molecular formula is C7H17NO2. The molecule has 0 bridgehead atoms. The molecule has 0 aliphatic rings. The van der Waals surface area contributed by atoms with Gasteiger partial charge >= 0.3 is 0 Å². The lowest BCUT2D eigenvalue weighted by atomic mass is 10.5. The minimum Gasteiger partial charge on any atom is -0.379 e. The predicted molar refractivity (Wildman–Crippen MR) is 41.0 cm³/mol. The maximum absolute atomic E-state index is 5.18. The van der Waals surface area contributed by atoms with E-state index in [1.165, 1.54) is 0 Å². The second-order valence-electron chi connectivity index (χ2n) is 2.02. The van der Waals surface area contributed by atoms with Crippen LogP contribution in [0.15, 0.2) is 0 Å². The monoisotopic (exact) mass is 147 g/mol. The van der Waals surface area contributed by atoms with Gasteiger partial charge in [0.1, 0.15) is 0 Å². The number of hydrogen-bond donors (Lipinski definition) is 1. The molecule has 0 saturated heterocycles. The molecule has 3 nitrogen and oxygen atoms in total. The average Bonchev–Trinajstić information content (AvgIpc) is 1.97. The van der Waals surface area contributed by atoms with Gasteiger partial charge in [-0.05, 0) is 13.5 Å². The topological polar surface area (TPSA) is 30.5 Å². The van der Waals surface area contributed by atoms with Crippen LogP contribution in [0.25, 0.3) is 0 Å². The normalized spacial score (nSPS) is 10.2. The zero-order valence-electron chi connectivity index (χ0n) is 6.85. The molecule has 62 valence electrons. The molecule has 0 unspecified atom stereocenters. The maximum atomic E-state index is 5.18. The van der Waals surface area contributed by atoms with Crippen molar-refractivity contribution in [1.82, 2.24) is 5.32 Å². The van der Waals surface area contributed by atoms with E-state index in [0.717, 1.165) is 13.0 Å². The second kappa shape index (κ2) is 8.88. The van der Waals surface area contributed by atoms with Gasteiger partial charge in [-0.3, -0.25) is 5.32 Å². The van der Waals surface area contributed by atoms with Crippen LogP contribution in [-0.4, -0.2) is 33.6 Å². The van der Waals surface area contributed by atoms with Crippen LogP contribution in [-0.2, 0) is 9.47 Å². The summed E-state index contributed by atoms with van der Waals surface area (Å²) in [5.41, 5.74) is 0. The van der Waals surface area contributed by atoms with E-state index in [1.54, 1.807) is 0 Å². The van der Waals surface area contributed by atoms with Crippen LogP contribution in [0.3, 0.4) is 0 Å². The summed E-state index contributed by atoms with van der Waals surface area (Å²) >= 11 is 0. The fraction of sp³-hybridized carbons (Fsp3) is 1.00. The third kappa shape index (κ3) is 7.88. The summed E-state index contributed by atoms with van der Waals surface area (Å²) in [5, 5.41) is 2.88. The van der Waals surface area contributed by atoms with E-state index in [-0.39, 0.29) is 0 Å². The summed E-state index contributed by atoms with van der Waals surface area (Å²) in [6.07, 6.45) is 1.08. The molecule has 0 aliphatic heterocycles.